The topological polar surface area (TPSA) is 51.2 Å². The quantitative estimate of drug-likeness (QED) is 0.627. The molecule has 0 aliphatic carbocycles. The van der Waals surface area contributed by atoms with Gasteiger partial charge in [-0.05, 0) is 30.5 Å². The van der Waals surface area contributed by atoms with Crippen molar-refractivity contribution in [3.05, 3.63) is 59.0 Å². The zero-order valence-corrected chi connectivity index (χ0v) is 10.2. The Kier molecular flexibility index (Phi) is 3.61. The lowest BCUT2D eigenvalue weighted by Crippen LogP contribution is -2.29. The van der Waals surface area contributed by atoms with E-state index in [1.165, 1.54) is 5.56 Å². The summed E-state index contributed by atoms with van der Waals surface area (Å²) in [5.74, 6) is 6.56. The van der Waals surface area contributed by atoms with Gasteiger partial charge >= 0.3 is 0 Å². The van der Waals surface area contributed by atoms with Crippen molar-refractivity contribution in [2.75, 3.05) is 0 Å². The van der Waals surface area contributed by atoms with E-state index >= 15 is 0 Å². The monoisotopic (exact) mass is 230 g/mol. The van der Waals surface area contributed by atoms with E-state index in [9.17, 15) is 0 Å². The van der Waals surface area contributed by atoms with Crippen LogP contribution in [0.3, 0.4) is 0 Å². The lowest BCUT2D eigenvalue weighted by molar-refractivity contribution is 0.520. The first kappa shape index (κ1) is 11.9. The van der Waals surface area contributed by atoms with Crippen molar-refractivity contribution < 1.29 is 4.42 Å². The molecule has 1 aromatic carbocycles. The summed E-state index contributed by atoms with van der Waals surface area (Å²) in [6, 6.07) is 10.4. The molecule has 2 rings (SSSR count). The van der Waals surface area contributed by atoms with Crippen LogP contribution < -0.4 is 11.3 Å². The van der Waals surface area contributed by atoms with E-state index in [-0.39, 0.29) is 6.04 Å². The first-order valence-electron chi connectivity index (χ1n) is 5.85. The average molecular weight is 230 g/mol. The normalized spacial score (nSPS) is 12.6. The highest BCUT2D eigenvalue weighted by Crippen LogP contribution is 2.25. The molecule has 0 fully saturated rings. The molecule has 0 bridgehead atoms. The number of rotatable bonds is 4. The van der Waals surface area contributed by atoms with Gasteiger partial charge in [-0.1, -0.05) is 31.2 Å². The fourth-order valence-corrected chi connectivity index (χ4v) is 2.05. The molecule has 0 radical (unpaired) electrons. The molecular weight excluding hydrogens is 212 g/mol. The van der Waals surface area contributed by atoms with E-state index in [4.69, 9.17) is 10.3 Å². The second-order valence-corrected chi connectivity index (χ2v) is 4.13. The fourth-order valence-electron chi connectivity index (χ4n) is 2.05. The summed E-state index contributed by atoms with van der Waals surface area (Å²) >= 11 is 0. The number of nitrogens with one attached hydrogen (secondary N) is 1. The minimum Gasteiger partial charge on any atom is -0.469 e. The Morgan fingerprint density at radius 2 is 2.18 bits per heavy atom. The average Bonchev–Trinajstić information content (AvgIpc) is 2.77. The SMILES string of the molecule is CCc1cccc(C(NN)c2ccoc2C)c1. The Bertz CT molecular complexity index is 490. The predicted molar refractivity (Wildman–Crippen MR) is 68.4 cm³/mol. The van der Waals surface area contributed by atoms with Gasteiger partial charge in [-0.25, -0.2) is 5.43 Å². The van der Waals surface area contributed by atoms with Crippen LogP contribution in [0.4, 0.5) is 0 Å². The summed E-state index contributed by atoms with van der Waals surface area (Å²) < 4.78 is 5.33. The maximum atomic E-state index is 5.66. The second kappa shape index (κ2) is 5.17. The standard InChI is InChI=1S/C14H18N2O/c1-3-11-5-4-6-12(9-11)14(16-15)13-7-8-17-10(13)2/h4-9,14,16H,3,15H2,1-2H3. The molecule has 0 spiro atoms. The van der Waals surface area contributed by atoms with Crippen molar-refractivity contribution in [3.8, 4) is 0 Å². The second-order valence-electron chi connectivity index (χ2n) is 4.13. The predicted octanol–water partition coefficient (Wildman–Crippen LogP) is 2.70. The number of benzene rings is 1. The van der Waals surface area contributed by atoms with Gasteiger partial charge in [0.1, 0.15) is 5.76 Å². The Balaban J connectivity index is 2.38. The van der Waals surface area contributed by atoms with Crippen molar-refractivity contribution in [2.45, 2.75) is 26.3 Å². The van der Waals surface area contributed by atoms with Crippen LogP contribution in [0.25, 0.3) is 0 Å². The molecule has 0 saturated heterocycles. The number of furan rings is 1. The molecule has 1 heterocycles. The van der Waals surface area contributed by atoms with Crippen molar-refractivity contribution in [3.63, 3.8) is 0 Å². The molecule has 3 heteroatoms. The van der Waals surface area contributed by atoms with Crippen LogP contribution >= 0.6 is 0 Å². The molecule has 90 valence electrons. The van der Waals surface area contributed by atoms with Gasteiger partial charge < -0.3 is 4.42 Å². The third-order valence-corrected chi connectivity index (χ3v) is 3.07. The highest BCUT2D eigenvalue weighted by molar-refractivity contribution is 5.35. The van der Waals surface area contributed by atoms with Gasteiger partial charge in [0.25, 0.3) is 0 Å². The lowest BCUT2D eigenvalue weighted by atomic mass is 9.97. The summed E-state index contributed by atoms with van der Waals surface area (Å²) in [7, 11) is 0. The van der Waals surface area contributed by atoms with Gasteiger partial charge in [-0.15, -0.1) is 0 Å². The minimum atomic E-state index is -0.0137. The molecule has 0 aliphatic heterocycles. The van der Waals surface area contributed by atoms with Crippen LogP contribution in [0.2, 0.25) is 0 Å². The molecule has 0 aliphatic rings. The fraction of sp³-hybridized carbons (Fsp3) is 0.286. The molecule has 1 atom stereocenters. The van der Waals surface area contributed by atoms with Crippen LogP contribution in [0.1, 0.15) is 35.4 Å². The van der Waals surface area contributed by atoms with Crippen molar-refractivity contribution in [1.82, 2.24) is 5.43 Å². The minimum absolute atomic E-state index is 0.0137. The maximum Gasteiger partial charge on any atom is 0.105 e. The van der Waals surface area contributed by atoms with Crippen molar-refractivity contribution in [2.24, 2.45) is 5.84 Å². The van der Waals surface area contributed by atoms with Crippen LogP contribution in [-0.2, 0) is 6.42 Å². The Hall–Kier alpha value is -1.58. The highest BCUT2D eigenvalue weighted by atomic mass is 16.3. The molecule has 1 aromatic heterocycles. The largest absolute Gasteiger partial charge is 0.469 e. The van der Waals surface area contributed by atoms with Gasteiger partial charge in [0.05, 0.1) is 12.3 Å². The van der Waals surface area contributed by atoms with Gasteiger partial charge in [0.2, 0.25) is 0 Å². The summed E-state index contributed by atoms with van der Waals surface area (Å²) in [6.07, 6.45) is 2.72. The molecular formula is C14H18N2O. The highest BCUT2D eigenvalue weighted by Gasteiger charge is 2.16. The van der Waals surface area contributed by atoms with Crippen LogP contribution in [0, 0.1) is 6.92 Å². The molecule has 3 nitrogen and oxygen atoms in total. The van der Waals surface area contributed by atoms with E-state index < -0.39 is 0 Å². The van der Waals surface area contributed by atoms with E-state index in [0.717, 1.165) is 23.3 Å². The summed E-state index contributed by atoms with van der Waals surface area (Å²) in [4.78, 5) is 0. The summed E-state index contributed by atoms with van der Waals surface area (Å²) in [6.45, 7) is 4.09. The third kappa shape index (κ3) is 2.40. The molecule has 0 amide bonds. The number of nitrogens with two attached hydrogens (primary N) is 1. The first-order chi connectivity index (χ1) is 8.26. The van der Waals surface area contributed by atoms with E-state index in [2.05, 4.69) is 36.6 Å². The smallest absolute Gasteiger partial charge is 0.105 e. The van der Waals surface area contributed by atoms with Crippen LogP contribution in [0.15, 0.2) is 41.0 Å². The van der Waals surface area contributed by atoms with E-state index in [0.29, 0.717) is 0 Å². The Labute approximate surface area is 102 Å². The molecule has 2 aromatic rings. The third-order valence-electron chi connectivity index (χ3n) is 3.07. The maximum absolute atomic E-state index is 5.66. The Morgan fingerprint density at radius 3 is 2.76 bits per heavy atom. The van der Waals surface area contributed by atoms with Crippen molar-refractivity contribution in [1.29, 1.82) is 0 Å². The zero-order valence-electron chi connectivity index (χ0n) is 10.2. The number of hydrazine groups is 1. The number of hydrogen-bond donors (Lipinski definition) is 2. The van der Waals surface area contributed by atoms with Crippen LogP contribution in [0.5, 0.6) is 0 Å². The van der Waals surface area contributed by atoms with E-state index in [1.54, 1.807) is 6.26 Å². The molecule has 17 heavy (non-hydrogen) atoms. The van der Waals surface area contributed by atoms with Gasteiger partial charge in [-0.2, -0.15) is 0 Å². The molecule has 0 saturated carbocycles. The molecule has 1 unspecified atom stereocenters. The van der Waals surface area contributed by atoms with Crippen molar-refractivity contribution >= 4 is 0 Å². The first-order valence-corrected chi connectivity index (χ1v) is 5.85. The van der Waals surface area contributed by atoms with Gasteiger partial charge in [0.15, 0.2) is 0 Å². The van der Waals surface area contributed by atoms with E-state index in [1.807, 2.05) is 13.0 Å². The van der Waals surface area contributed by atoms with Gasteiger partial charge in [-0.3, -0.25) is 5.84 Å². The Morgan fingerprint density at radius 1 is 1.35 bits per heavy atom. The lowest BCUT2D eigenvalue weighted by Gasteiger charge is -2.16. The van der Waals surface area contributed by atoms with Crippen LogP contribution in [-0.4, -0.2) is 0 Å². The van der Waals surface area contributed by atoms with Gasteiger partial charge in [0, 0.05) is 5.56 Å². The summed E-state index contributed by atoms with van der Waals surface area (Å²) in [5, 5.41) is 0. The zero-order chi connectivity index (χ0) is 12.3. The number of aryl methyl sites for hydroxylation is 2. The summed E-state index contributed by atoms with van der Waals surface area (Å²) in [5.41, 5.74) is 6.41. The number of hydrogen-bond acceptors (Lipinski definition) is 3. The molecule has 3 N–H and O–H groups in total.